The molecule has 0 saturated carbocycles. The molecule has 2 N–H and O–H groups in total. The topological polar surface area (TPSA) is 71.1 Å². The lowest BCUT2D eigenvalue weighted by Crippen LogP contribution is -2.31. The lowest BCUT2D eigenvalue weighted by molar-refractivity contribution is 0.0944. The molecule has 1 aliphatic heterocycles. The standard InChI is InChI=1S/C19H15N3O2S/c23-18(14-3-1-2-13(10-14)17-7-9-21-25-17)22-15-5-4-12-6-8-20-19(24)16(12)11-15/h1-5,7,9-11H,6,8H2,(H,20,24)(H,22,23). The van der Waals surface area contributed by atoms with Crippen molar-refractivity contribution in [3.63, 3.8) is 0 Å². The van der Waals surface area contributed by atoms with Gasteiger partial charge in [0.15, 0.2) is 0 Å². The smallest absolute Gasteiger partial charge is 0.255 e. The summed E-state index contributed by atoms with van der Waals surface area (Å²) in [5, 5.41) is 5.69. The minimum atomic E-state index is -0.206. The summed E-state index contributed by atoms with van der Waals surface area (Å²) in [7, 11) is 0. The minimum Gasteiger partial charge on any atom is -0.352 e. The van der Waals surface area contributed by atoms with E-state index in [1.807, 2.05) is 36.4 Å². The number of rotatable bonds is 3. The second-order valence-electron chi connectivity index (χ2n) is 5.79. The van der Waals surface area contributed by atoms with Gasteiger partial charge < -0.3 is 10.6 Å². The average molecular weight is 349 g/mol. The molecule has 25 heavy (non-hydrogen) atoms. The van der Waals surface area contributed by atoms with E-state index in [1.54, 1.807) is 18.3 Å². The molecular formula is C19H15N3O2S. The van der Waals surface area contributed by atoms with Gasteiger partial charge >= 0.3 is 0 Å². The summed E-state index contributed by atoms with van der Waals surface area (Å²) in [5.74, 6) is -0.299. The van der Waals surface area contributed by atoms with E-state index in [9.17, 15) is 9.59 Å². The van der Waals surface area contributed by atoms with Crippen molar-refractivity contribution >= 4 is 29.0 Å². The number of hydrogen-bond acceptors (Lipinski definition) is 4. The summed E-state index contributed by atoms with van der Waals surface area (Å²) in [6.07, 6.45) is 2.55. The molecule has 5 nitrogen and oxygen atoms in total. The molecule has 1 aliphatic rings. The molecule has 124 valence electrons. The summed E-state index contributed by atoms with van der Waals surface area (Å²) in [6, 6.07) is 14.8. The van der Waals surface area contributed by atoms with Crippen molar-refractivity contribution in [2.45, 2.75) is 6.42 Å². The van der Waals surface area contributed by atoms with Gasteiger partial charge in [0.25, 0.3) is 11.8 Å². The van der Waals surface area contributed by atoms with E-state index >= 15 is 0 Å². The Bertz CT molecular complexity index is 951. The Morgan fingerprint density at radius 3 is 2.92 bits per heavy atom. The number of anilines is 1. The van der Waals surface area contributed by atoms with Gasteiger partial charge in [-0.05, 0) is 59.4 Å². The van der Waals surface area contributed by atoms with Crippen molar-refractivity contribution in [2.24, 2.45) is 0 Å². The molecule has 2 amide bonds. The lowest BCUT2D eigenvalue weighted by atomic mass is 9.99. The first kappa shape index (κ1) is 15.5. The third-order valence-corrected chi connectivity index (χ3v) is 4.93. The molecule has 1 aromatic heterocycles. The van der Waals surface area contributed by atoms with Crippen molar-refractivity contribution in [1.29, 1.82) is 0 Å². The Hall–Kier alpha value is -2.99. The molecule has 0 unspecified atom stereocenters. The molecular weight excluding hydrogens is 334 g/mol. The summed E-state index contributed by atoms with van der Waals surface area (Å²) >= 11 is 1.39. The van der Waals surface area contributed by atoms with E-state index in [4.69, 9.17) is 0 Å². The Kier molecular flexibility index (Phi) is 4.03. The van der Waals surface area contributed by atoms with Crippen LogP contribution in [0, 0.1) is 0 Å². The van der Waals surface area contributed by atoms with Gasteiger partial charge in [-0.25, -0.2) is 4.37 Å². The molecule has 0 bridgehead atoms. The molecule has 0 fully saturated rings. The van der Waals surface area contributed by atoms with Gasteiger partial charge in [-0.1, -0.05) is 18.2 Å². The number of benzene rings is 2. The fraction of sp³-hybridized carbons (Fsp3) is 0.105. The van der Waals surface area contributed by atoms with Gasteiger partial charge in [0, 0.05) is 29.6 Å². The van der Waals surface area contributed by atoms with Crippen LogP contribution in [0.15, 0.2) is 54.7 Å². The van der Waals surface area contributed by atoms with Crippen LogP contribution in [0.1, 0.15) is 26.3 Å². The third-order valence-electron chi connectivity index (χ3n) is 4.14. The van der Waals surface area contributed by atoms with Crippen LogP contribution < -0.4 is 10.6 Å². The van der Waals surface area contributed by atoms with E-state index in [2.05, 4.69) is 15.0 Å². The van der Waals surface area contributed by atoms with Gasteiger partial charge in [0.1, 0.15) is 0 Å². The number of nitrogens with zero attached hydrogens (tertiary/aromatic N) is 1. The zero-order chi connectivity index (χ0) is 17.2. The SMILES string of the molecule is O=C(Nc1ccc2c(c1)C(=O)NCC2)c1cccc(-c2ccns2)c1. The summed E-state index contributed by atoms with van der Waals surface area (Å²) < 4.78 is 4.09. The lowest BCUT2D eigenvalue weighted by Gasteiger charge is -2.17. The highest BCUT2D eigenvalue weighted by molar-refractivity contribution is 7.09. The average Bonchev–Trinajstić information content (AvgIpc) is 3.17. The minimum absolute atomic E-state index is 0.0930. The maximum atomic E-state index is 12.6. The largest absolute Gasteiger partial charge is 0.352 e. The zero-order valence-corrected chi connectivity index (χ0v) is 14.1. The summed E-state index contributed by atoms with van der Waals surface area (Å²) in [4.78, 5) is 25.5. The maximum Gasteiger partial charge on any atom is 0.255 e. The molecule has 0 atom stereocenters. The predicted molar refractivity (Wildman–Crippen MR) is 98.0 cm³/mol. The van der Waals surface area contributed by atoms with Crippen molar-refractivity contribution in [2.75, 3.05) is 11.9 Å². The Morgan fingerprint density at radius 2 is 2.08 bits per heavy atom. The van der Waals surface area contributed by atoms with Crippen LogP contribution in [0.5, 0.6) is 0 Å². The van der Waals surface area contributed by atoms with Gasteiger partial charge in [-0.15, -0.1) is 0 Å². The molecule has 3 aromatic rings. The van der Waals surface area contributed by atoms with Crippen LogP contribution in [0.25, 0.3) is 10.4 Å². The zero-order valence-electron chi connectivity index (χ0n) is 13.3. The fourth-order valence-corrected chi connectivity index (χ4v) is 3.46. The number of aromatic nitrogens is 1. The monoisotopic (exact) mass is 349 g/mol. The number of carbonyl (C=O) groups is 2. The van der Waals surface area contributed by atoms with Crippen LogP contribution in [-0.4, -0.2) is 22.7 Å². The van der Waals surface area contributed by atoms with Crippen molar-refractivity contribution in [3.8, 4) is 10.4 Å². The number of amides is 2. The predicted octanol–water partition coefficient (Wildman–Crippen LogP) is 3.35. The van der Waals surface area contributed by atoms with Gasteiger partial charge in [-0.2, -0.15) is 0 Å². The van der Waals surface area contributed by atoms with Crippen LogP contribution in [0.3, 0.4) is 0 Å². The van der Waals surface area contributed by atoms with E-state index in [0.717, 1.165) is 22.4 Å². The van der Waals surface area contributed by atoms with Crippen molar-refractivity contribution in [3.05, 3.63) is 71.4 Å². The molecule has 0 saturated heterocycles. The molecule has 6 heteroatoms. The van der Waals surface area contributed by atoms with Crippen LogP contribution in [0.2, 0.25) is 0 Å². The summed E-state index contributed by atoms with van der Waals surface area (Å²) in [5.41, 5.74) is 3.77. The Labute approximate surface area is 148 Å². The fourth-order valence-electron chi connectivity index (χ4n) is 2.87. The second-order valence-corrected chi connectivity index (χ2v) is 6.62. The summed E-state index contributed by atoms with van der Waals surface area (Å²) in [6.45, 7) is 0.655. The number of nitrogens with one attached hydrogen (secondary N) is 2. The quantitative estimate of drug-likeness (QED) is 0.762. The van der Waals surface area contributed by atoms with Gasteiger partial charge in [0.05, 0.1) is 4.88 Å². The van der Waals surface area contributed by atoms with Gasteiger partial charge in [0.2, 0.25) is 0 Å². The normalized spacial score (nSPS) is 13.0. The van der Waals surface area contributed by atoms with Gasteiger partial charge in [-0.3, -0.25) is 9.59 Å². The first-order valence-electron chi connectivity index (χ1n) is 7.94. The first-order valence-corrected chi connectivity index (χ1v) is 8.72. The molecule has 0 spiro atoms. The van der Waals surface area contributed by atoms with Crippen LogP contribution in [0.4, 0.5) is 5.69 Å². The van der Waals surface area contributed by atoms with Crippen LogP contribution in [-0.2, 0) is 6.42 Å². The third kappa shape index (κ3) is 3.16. The Morgan fingerprint density at radius 1 is 1.16 bits per heavy atom. The highest BCUT2D eigenvalue weighted by atomic mass is 32.1. The molecule has 4 rings (SSSR count). The number of fused-ring (bicyclic) bond motifs is 1. The molecule has 2 aromatic carbocycles. The number of carbonyl (C=O) groups excluding carboxylic acids is 2. The second kappa shape index (κ2) is 6.49. The molecule has 0 radical (unpaired) electrons. The first-order chi connectivity index (χ1) is 12.2. The van der Waals surface area contributed by atoms with E-state index in [-0.39, 0.29) is 11.8 Å². The highest BCUT2D eigenvalue weighted by Crippen LogP contribution is 2.24. The Balaban J connectivity index is 1.57. The molecule has 0 aliphatic carbocycles. The van der Waals surface area contributed by atoms with E-state index < -0.39 is 0 Å². The number of hydrogen-bond donors (Lipinski definition) is 2. The van der Waals surface area contributed by atoms with Crippen molar-refractivity contribution in [1.82, 2.24) is 9.69 Å². The highest BCUT2D eigenvalue weighted by Gasteiger charge is 2.17. The van der Waals surface area contributed by atoms with Crippen molar-refractivity contribution < 1.29 is 9.59 Å². The van der Waals surface area contributed by atoms with E-state index in [1.165, 1.54) is 11.5 Å². The maximum absolute atomic E-state index is 12.6. The van der Waals surface area contributed by atoms with E-state index in [0.29, 0.717) is 23.4 Å². The molecule has 2 heterocycles. The van der Waals surface area contributed by atoms with Crippen LogP contribution >= 0.6 is 11.5 Å².